The molecule has 0 radical (unpaired) electrons. The molecule has 0 saturated carbocycles. The Labute approximate surface area is 161 Å². The second-order valence-corrected chi connectivity index (χ2v) is 7.42. The smallest absolute Gasteiger partial charge is 0.271 e. The first-order chi connectivity index (χ1) is 13.2. The van der Waals surface area contributed by atoms with Gasteiger partial charge in [-0.2, -0.15) is 0 Å². The van der Waals surface area contributed by atoms with E-state index in [0.29, 0.717) is 24.4 Å². The summed E-state index contributed by atoms with van der Waals surface area (Å²) in [7, 11) is 3.63. The summed E-state index contributed by atoms with van der Waals surface area (Å²) in [5.41, 5.74) is 2.45. The molecule has 1 aliphatic heterocycles. The minimum absolute atomic E-state index is 0.127. The zero-order valence-corrected chi connectivity index (χ0v) is 16.0. The van der Waals surface area contributed by atoms with Gasteiger partial charge < -0.3 is 19.6 Å². The van der Waals surface area contributed by atoms with Gasteiger partial charge in [-0.05, 0) is 18.1 Å². The van der Waals surface area contributed by atoms with Crippen molar-refractivity contribution in [3.05, 3.63) is 59.4 Å². The van der Waals surface area contributed by atoms with Crippen molar-refractivity contribution in [2.24, 2.45) is 7.05 Å². The number of fused-ring (bicyclic) bond motifs is 1. The van der Waals surface area contributed by atoms with Crippen LogP contribution in [0.2, 0.25) is 0 Å². The number of aromatic nitrogens is 4. The Kier molecular flexibility index (Phi) is 4.89. The largest absolute Gasteiger partial charge is 0.496 e. The predicted molar refractivity (Wildman–Crippen MR) is 103 cm³/mol. The first kappa shape index (κ1) is 17.7. The summed E-state index contributed by atoms with van der Waals surface area (Å²) < 4.78 is 7.46. The van der Waals surface area contributed by atoms with E-state index in [1.807, 2.05) is 36.0 Å². The zero-order valence-electron chi connectivity index (χ0n) is 15.2. The molecule has 140 valence electrons. The molecule has 1 aromatic carbocycles. The van der Waals surface area contributed by atoms with Gasteiger partial charge in [0, 0.05) is 37.6 Å². The Balaban J connectivity index is 1.57. The number of ether oxygens (including phenoxy) is 1. The number of para-hydroxylation sites is 1. The third-order valence-corrected chi connectivity index (χ3v) is 5.77. The number of carbonyl (C=O) groups is 1. The van der Waals surface area contributed by atoms with Crippen molar-refractivity contribution in [3.63, 3.8) is 0 Å². The topological polar surface area (TPSA) is 84.8 Å². The Bertz CT molecular complexity index is 965. The van der Waals surface area contributed by atoms with Crippen LogP contribution in [0.5, 0.6) is 5.75 Å². The number of methoxy groups -OCH3 is 1. The Hall–Kier alpha value is -2.74. The molecule has 1 atom stereocenters. The van der Waals surface area contributed by atoms with Crippen LogP contribution in [0.4, 0.5) is 0 Å². The molecule has 0 fully saturated rings. The van der Waals surface area contributed by atoms with E-state index in [9.17, 15) is 4.79 Å². The molecule has 7 nitrogen and oxygen atoms in total. The highest BCUT2D eigenvalue weighted by Gasteiger charge is 2.27. The maximum atomic E-state index is 12.5. The van der Waals surface area contributed by atoms with Gasteiger partial charge in [0.1, 0.15) is 17.3 Å². The minimum Gasteiger partial charge on any atom is -0.496 e. The second-order valence-electron chi connectivity index (χ2n) is 6.47. The van der Waals surface area contributed by atoms with Crippen molar-refractivity contribution < 1.29 is 9.53 Å². The standard InChI is InChI=1S/C19H21N5O2S/c1-24-8-7-20-19(24)27-11-16-22-14-9-12(10-21-18(25)17(14)23-16)13-5-3-4-6-15(13)26-2/h3-8,12H,9-11H2,1-2H3,(H,21,25)(H,22,23)/t12-/m1/s1. The van der Waals surface area contributed by atoms with E-state index in [-0.39, 0.29) is 11.8 Å². The minimum atomic E-state index is -0.133. The monoisotopic (exact) mass is 383 g/mol. The normalized spacial score (nSPS) is 16.5. The van der Waals surface area contributed by atoms with Crippen LogP contribution in [-0.2, 0) is 19.2 Å². The SMILES string of the molecule is COc1ccccc1[C@H]1CNC(=O)c2nc(CSc3nccn3C)[nH]c2C1. The van der Waals surface area contributed by atoms with Crippen molar-refractivity contribution in [2.75, 3.05) is 13.7 Å². The molecule has 2 N–H and O–H groups in total. The van der Waals surface area contributed by atoms with Crippen molar-refractivity contribution >= 4 is 17.7 Å². The highest BCUT2D eigenvalue weighted by molar-refractivity contribution is 7.98. The molecule has 0 unspecified atom stereocenters. The van der Waals surface area contributed by atoms with Crippen LogP contribution < -0.4 is 10.1 Å². The molecule has 27 heavy (non-hydrogen) atoms. The van der Waals surface area contributed by atoms with Crippen LogP contribution in [0.1, 0.15) is 33.5 Å². The molecule has 0 saturated heterocycles. The molecular weight excluding hydrogens is 362 g/mol. The first-order valence-electron chi connectivity index (χ1n) is 8.74. The van der Waals surface area contributed by atoms with E-state index < -0.39 is 0 Å². The summed E-state index contributed by atoms with van der Waals surface area (Å²) in [6, 6.07) is 7.94. The first-order valence-corrected chi connectivity index (χ1v) is 9.73. The molecule has 3 aromatic rings. The number of hydrogen-bond donors (Lipinski definition) is 2. The molecule has 4 rings (SSSR count). The lowest BCUT2D eigenvalue weighted by atomic mass is 9.93. The van der Waals surface area contributed by atoms with Gasteiger partial charge in [0.25, 0.3) is 5.91 Å². The van der Waals surface area contributed by atoms with Gasteiger partial charge in [-0.1, -0.05) is 30.0 Å². The van der Waals surface area contributed by atoms with E-state index >= 15 is 0 Å². The van der Waals surface area contributed by atoms with Crippen LogP contribution >= 0.6 is 11.8 Å². The fourth-order valence-corrected chi connectivity index (χ4v) is 4.14. The summed E-state index contributed by atoms with van der Waals surface area (Å²) in [5, 5.41) is 3.91. The van der Waals surface area contributed by atoms with E-state index in [1.165, 1.54) is 0 Å². The van der Waals surface area contributed by atoms with Crippen molar-refractivity contribution in [1.82, 2.24) is 24.8 Å². The van der Waals surface area contributed by atoms with Crippen LogP contribution in [0.25, 0.3) is 0 Å². The van der Waals surface area contributed by atoms with E-state index in [2.05, 4.69) is 26.3 Å². The highest BCUT2D eigenvalue weighted by Crippen LogP contribution is 2.31. The summed E-state index contributed by atoms with van der Waals surface area (Å²) in [5.74, 6) is 2.24. The van der Waals surface area contributed by atoms with Gasteiger partial charge in [-0.25, -0.2) is 9.97 Å². The molecule has 3 heterocycles. The average molecular weight is 383 g/mol. The van der Waals surface area contributed by atoms with E-state index in [4.69, 9.17) is 4.74 Å². The summed E-state index contributed by atoms with van der Waals surface area (Å²) in [6.45, 7) is 0.556. The van der Waals surface area contributed by atoms with Crippen molar-refractivity contribution in [1.29, 1.82) is 0 Å². The molecule has 0 aliphatic carbocycles. The molecule has 2 aromatic heterocycles. The van der Waals surface area contributed by atoms with Gasteiger partial charge in [0.05, 0.1) is 12.9 Å². The van der Waals surface area contributed by atoms with Gasteiger partial charge >= 0.3 is 0 Å². The molecule has 0 spiro atoms. The van der Waals surface area contributed by atoms with E-state index in [1.54, 1.807) is 25.1 Å². The van der Waals surface area contributed by atoms with Crippen LogP contribution in [-0.4, -0.2) is 39.1 Å². The Morgan fingerprint density at radius 3 is 3.00 bits per heavy atom. The number of aryl methyl sites for hydroxylation is 1. The number of aromatic amines is 1. The number of rotatable bonds is 5. The fraction of sp³-hybridized carbons (Fsp3) is 0.316. The number of nitrogens with zero attached hydrogens (tertiary/aromatic N) is 3. The molecular formula is C19H21N5O2S. The second kappa shape index (κ2) is 7.48. The fourth-order valence-electron chi connectivity index (χ4n) is 3.33. The Morgan fingerprint density at radius 1 is 1.37 bits per heavy atom. The summed E-state index contributed by atoms with van der Waals surface area (Å²) in [4.78, 5) is 24.7. The van der Waals surface area contributed by atoms with Crippen molar-refractivity contribution in [2.45, 2.75) is 23.2 Å². The predicted octanol–water partition coefficient (Wildman–Crippen LogP) is 2.51. The van der Waals surface area contributed by atoms with Gasteiger partial charge in [0.15, 0.2) is 5.16 Å². The lowest BCUT2D eigenvalue weighted by Gasteiger charge is -2.17. The lowest BCUT2D eigenvalue weighted by Crippen LogP contribution is -2.26. The maximum absolute atomic E-state index is 12.5. The summed E-state index contributed by atoms with van der Waals surface area (Å²) >= 11 is 1.59. The van der Waals surface area contributed by atoms with Gasteiger partial charge in [-0.3, -0.25) is 4.79 Å². The number of imidazole rings is 2. The Morgan fingerprint density at radius 2 is 2.22 bits per heavy atom. The number of H-pyrrole nitrogens is 1. The van der Waals surface area contributed by atoms with Crippen molar-refractivity contribution in [3.8, 4) is 5.75 Å². The molecule has 1 aliphatic rings. The third kappa shape index (κ3) is 3.57. The number of amides is 1. The zero-order chi connectivity index (χ0) is 18.8. The van der Waals surface area contributed by atoms with Crippen LogP contribution in [0.15, 0.2) is 41.8 Å². The lowest BCUT2D eigenvalue weighted by molar-refractivity contribution is 0.0950. The van der Waals surface area contributed by atoms with Gasteiger partial charge in [0.2, 0.25) is 0 Å². The number of hydrogen-bond acceptors (Lipinski definition) is 5. The number of benzene rings is 1. The molecule has 1 amide bonds. The average Bonchev–Trinajstić information content (AvgIpc) is 3.25. The third-order valence-electron chi connectivity index (χ3n) is 4.70. The highest BCUT2D eigenvalue weighted by atomic mass is 32.2. The summed E-state index contributed by atoms with van der Waals surface area (Å²) in [6.07, 6.45) is 4.38. The number of carbonyl (C=O) groups excluding carboxylic acids is 1. The van der Waals surface area contributed by atoms with Crippen LogP contribution in [0.3, 0.4) is 0 Å². The maximum Gasteiger partial charge on any atom is 0.271 e. The van der Waals surface area contributed by atoms with E-state index in [0.717, 1.165) is 28.0 Å². The quantitative estimate of drug-likeness (QED) is 0.662. The van der Waals surface area contributed by atoms with Crippen LogP contribution in [0, 0.1) is 0 Å². The number of thioether (sulfide) groups is 1. The molecule has 8 heteroatoms. The van der Waals surface area contributed by atoms with Gasteiger partial charge in [-0.15, -0.1) is 0 Å². The number of nitrogens with one attached hydrogen (secondary N) is 2. The molecule has 0 bridgehead atoms.